The lowest BCUT2D eigenvalue weighted by Gasteiger charge is -2.24. The Morgan fingerprint density at radius 3 is 2.11 bits per heavy atom. The van der Waals surface area contributed by atoms with Crippen molar-refractivity contribution in [1.82, 2.24) is 0 Å². The zero-order chi connectivity index (χ0) is 13.9. The van der Waals surface area contributed by atoms with Gasteiger partial charge in [0.05, 0.1) is 0 Å². The van der Waals surface area contributed by atoms with E-state index in [1.165, 1.54) is 21.5 Å². The van der Waals surface area contributed by atoms with Crippen LogP contribution in [0.15, 0.2) is 59.8 Å². The quantitative estimate of drug-likeness (QED) is 0.715. The summed E-state index contributed by atoms with van der Waals surface area (Å²) in [5.41, 5.74) is 2.69. The molecular weight excluding hydrogens is 244 g/mol. The van der Waals surface area contributed by atoms with Crippen molar-refractivity contribution in [2.24, 2.45) is 0 Å². The first-order valence-corrected chi connectivity index (χ1v) is 9.82. The molecule has 2 rings (SSSR count). The maximum absolute atomic E-state index is 2.42. The highest BCUT2D eigenvalue weighted by molar-refractivity contribution is 6.96. The Bertz CT molecular complexity index is 580. The number of hydrogen-bond acceptors (Lipinski definition) is 0. The fourth-order valence-electron chi connectivity index (χ4n) is 2.24. The largest absolute Gasteiger partial charge is 0.107 e. The van der Waals surface area contributed by atoms with Gasteiger partial charge in [-0.15, -0.1) is 0 Å². The molecule has 0 saturated heterocycles. The van der Waals surface area contributed by atoms with Crippen LogP contribution in [0.25, 0.3) is 6.08 Å². The zero-order valence-corrected chi connectivity index (χ0v) is 13.3. The van der Waals surface area contributed by atoms with Crippen molar-refractivity contribution in [2.75, 3.05) is 0 Å². The van der Waals surface area contributed by atoms with E-state index in [1.807, 2.05) is 0 Å². The first-order chi connectivity index (χ1) is 9.01. The van der Waals surface area contributed by atoms with E-state index in [0.717, 1.165) is 0 Å². The predicted molar refractivity (Wildman–Crippen MR) is 88.4 cm³/mol. The number of hydrogen-bond donors (Lipinski definition) is 0. The fourth-order valence-corrected chi connectivity index (χ4v) is 4.24. The lowest BCUT2D eigenvalue weighted by atomic mass is 10.1. The highest BCUT2D eigenvalue weighted by Gasteiger charge is 2.25. The van der Waals surface area contributed by atoms with Crippen LogP contribution < -0.4 is 5.19 Å². The number of rotatable bonds is 3. The van der Waals surface area contributed by atoms with Gasteiger partial charge >= 0.3 is 0 Å². The van der Waals surface area contributed by atoms with Crippen molar-refractivity contribution >= 4 is 19.3 Å². The molecule has 98 valence electrons. The van der Waals surface area contributed by atoms with E-state index in [9.17, 15) is 0 Å². The van der Waals surface area contributed by atoms with E-state index in [2.05, 4.69) is 87.6 Å². The van der Waals surface area contributed by atoms with Crippen LogP contribution in [0.4, 0.5) is 0 Å². The molecule has 0 aliphatic heterocycles. The Hall–Kier alpha value is -1.60. The molecule has 19 heavy (non-hydrogen) atoms. The normalized spacial score (nSPS) is 12.5. The SMILES string of the molecule is C/C(=C/c1ccccc1C)[Si](C)(C)c1ccccc1. The van der Waals surface area contributed by atoms with Gasteiger partial charge in [0, 0.05) is 0 Å². The highest BCUT2D eigenvalue weighted by Crippen LogP contribution is 2.19. The third-order valence-corrected chi connectivity index (χ3v) is 7.93. The Kier molecular flexibility index (Phi) is 4.06. The van der Waals surface area contributed by atoms with Gasteiger partial charge in [-0.05, 0) is 25.0 Å². The molecule has 0 bridgehead atoms. The van der Waals surface area contributed by atoms with Crippen LogP contribution >= 0.6 is 0 Å². The monoisotopic (exact) mass is 266 g/mol. The molecule has 0 aromatic heterocycles. The molecule has 0 unspecified atom stereocenters. The second-order valence-electron chi connectivity index (χ2n) is 5.67. The van der Waals surface area contributed by atoms with Crippen LogP contribution in [-0.2, 0) is 0 Å². The van der Waals surface area contributed by atoms with Gasteiger partial charge in [-0.2, -0.15) is 0 Å². The lowest BCUT2D eigenvalue weighted by molar-refractivity contribution is 1.43. The van der Waals surface area contributed by atoms with Gasteiger partial charge in [0.2, 0.25) is 0 Å². The molecule has 2 aromatic carbocycles. The molecule has 0 aliphatic carbocycles. The molecule has 0 saturated carbocycles. The molecule has 0 heterocycles. The molecular formula is C18H22Si. The van der Waals surface area contributed by atoms with Crippen LogP contribution in [-0.4, -0.2) is 8.07 Å². The minimum Gasteiger partial charge on any atom is -0.0785 e. The topological polar surface area (TPSA) is 0 Å². The zero-order valence-electron chi connectivity index (χ0n) is 12.3. The van der Waals surface area contributed by atoms with Gasteiger partial charge in [0.1, 0.15) is 8.07 Å². The Labute approximate surface area is 117 Å². The minimum absolute atomic E-state index is 1.34. The molecule has 0 radical (unpaired) electrons. The Morgan fingerprint density at radius 1 is 0.895 bits per heavy atom. The van der Waals surface area contributed by atoms with E-state index in [0.29, 0.717) is 0 Å². The van der Waals surface area contributed by atoms with Crippen LogP contribution in [0.3, 0.4) is 0 Å². The maximum Gasteiger partial charge on any atom is 0.107 e. The van der Waals surface area contributed by atoms with Gasteiger partial charge in [-0.1, -0.05) is 84.2 Å². The van der Waals surface area contributed by atoms with E-state index in [4.69, 9.17) is 0 Å². The van der Waals surface area contributed by atoms with Crippen LogP contribution in [0, 0.1) is 6.92 Å². The van der Waals surface area contributed by atoms with Crippen LogP contribution in [0.2, 0.25) is 13.1 Å². The summed E-state index contributed by atoms with van der Waals surface area (Å²) in [5.74, 6) is 0. The van der Waals surface area contributed by atoms with Crippen molar-refractivity contribution in [3.8, 4) is 0 Å². The molecule has 0 spiro atoms. The average Bonchev–Trinajstić information content (AvgIpc) is 2.42. The molecule has 0 amide bonds. The van der Waals surface area contributed by atoms with Crippen molar-refractivity contribution in [1.29, 1.82) is 0 Å². The summed E-state index contributed by atoms with van der Waals surface area (Å²) < 4.78 is 0. The van der Waals surface area contributed by atoms with Gasteiger partial charge in [-0.3, -0.25) is 0 Å². The second kappa shape index (κ2) is 5.58. The summed E-state index contributed by atoms with van der Waals surface area (Å²) >= 11 is 0. The summed E-state index contributed by atoms with van der Waals surface area (Å²) in [6.45, 7) is 9.31. The van der Waals surface area contributed by atoms with E-state index in [-0.39, 0.29) is 0 Å². The first kappa shape index (κ1) is 13.8. The first-order valence-electron chi connectivity index (χ1n) is 6.82. The van der Waals surface area contributed by atoms with Crippen molar-refractivity contribution < 1.29 is 0 Å². The van der Waals surface area contributed by atoms with Crippen molar-refractivity contribution in [3.05, 3.63) is 70.9 Å². The summed E-state index contributed by atoms with van der Waals surface area (Å²) in [4.78, 5) is 0. The predicted octanol–water partition coefficient (Wildman–Crippen LogP) is 4.55. The van der Waals surface area contributed by atoms with Crippen molar-refractivity contribution in [3.63, 3.8) is 0 Å². The van der Waals surface area contributed by atoms with E-state index in [1.54, 1.807) is 0 Å². The maximum atomic E-state index is 2.42. The van der Waals surface area contributed by atoms with Crippen LogP contribution in [0.5, 0.6) is 0 Å². The fraction of sp³-hybridized carbons (Fsp3) is 0.222. The Balaban J connectivity index is 2.39. The Morgan fingerprint density at radius 2 is 1.47 bits per heavy atom. The summed E-state index contributed by atoms with van der Waals surface area (Å²) in [5, 5.41) is 3.02. The molecule has 0 nitrogen and oxygen atoms in total. The molecule has 0 N–H and O–H groups in total. The third-order valence-electron chi connectivity index (χ3n) is 4.04. The van der Waals surface area contributed by atoms with Gasteiger partial charge in [-0.25, -0.2) is 0 Å². The minimum atomic E-state index is -1.53. The summed E-state index contributed by atoms with van der Waals surface area (Å²) in [6, 6.07) is 19.5. The van der Waals surface area contributed by atoms with Gasteiger partial charge in [0.15, 0.2) is 0 Å². The molecule has 0 fully saturated rings. The second-order valence-corrected chi connectivity index (χ2v) is 10.3. The molecule has 1 heteroatoms. The van der Waals surface area contributed by atoms with Gasteiger partial charge < -0.3 is 0 Å². The van der Waals surface area contributed by atoms with E-state index >= 15 is 0 Å². The van der Waals surface area contributed by atoms with Gasteiger partial charge in [0.25, 0.3) is 0 Å². The lowest BCUT2D eigenvalue weighted by Crippen LogP contribution is -2.42. The smallest absolute Gasteiger partial charge is 0.0785 e. The van der Waals surface area contributed by atoms with Crippen molar-refractivity contribution in [2.45, 2.75) is 26.9 Å². The highest BCUT2D eigenvalue weighted by atomic mass is 28.3. The number of allylic oxidation sites excluding steroid dienone is 1. The standard InChI is InChI=1S/C18H22Si/c1-15-10-8-9-11-17(15)14-16(2)19(3,4)18-12-6-5-7-13-18/h5-14H,1-4H3/b16-14-. The molecule has 2 aromatic rings. The summed E-state index contributed by atoms with van der Waals surface area (Å²) in [6.07, 6.45) is 2.37. The third kappa shape index (κ3) is 3.05. The number of benzene rings is 2. The molecule has 0 atom stereocenters. The average molecular weight is 266 g/mol. The van der Waals surface area contributed by atoms with E-state index < -0.39 is 8.07 Å². The molecule has 0 aliphatic rings. The van der Waals surface area contributed by atoms with Crippen LogP contribution in [0.1, 0.15) is 18.1 Å². The number of aryl methyl sites for hydroxylation is 1. The summed E-state index contributed by atoms with van der Waals surface area (Å²) in [7, 11) is -1.53.